The van der Waals surface area contributed by atoms with Gasteiger partial charge in [0.05, 0.1) is 5.92 Å². The molecule has 136 valence electrons. The van der Waals surface area contributed by atoms with Crippen molar-refractivity contribution in [2.75, 3.05) is 0 Å². The van der Waals surface area contributed by atoms with Crippen LogP contribution >= 0.6 is 0 Å². The number of hydrogen-bond acceptors (Lipinski definition) is 4. The molecule has 0 saturated heterocycles. The predicted octanol–water partition coefficient (Wildman–Crippen LogP) is 2.61. The van der Waals surface area contributed by atoms with Crippen LogP contribution in [-0.4, -0.2) is 17.5 Å². The van der Waals surface area contributed by atoms with E-state index < -0.39 is 5.92 Å². The van der Waals surface area contributed by atoms with Crippen LogP contribution in [0.5, 0.6) is 0 Å². The minimum absolute atomic E-state index is 0.0425. The van der Waals surface area contributed by atoms with Crippen LogP contribution in [0.4, 0.5) is 0 Å². The van der Waals surface area contributed by atoms with Crippen molar-refractivity contribution in [1.29, 1.82) is 0 Å². The Bertz CT molecular complexity index is 625. The Morgan fingerprint density at radius 1 is 1.24 bits per heavy atom. The van der Waals surface area contributed by atoms with Crippen LogP contribution in [0.3, 0.4) is 0 Å². The molecule has 0 saturated carbocycles. The van der Waals surface area contributed by atoms with E-state index in [1.54, 1.807) is 6.92 Å². The number of benzene rings is 1. The van der Waals surface area contributed by atoms with Crippen molar-refractivity contribution in [1.82, 2.24) is 16.3 Å². The summed E-state index contributed by atoms with van der Waals surface area (Å²) in [7, 11) is 0. The number of hydrazine groups is 1. The quantitative estimate of drug-likeness (QED) is 0.476. The summed E-state index contributed by atoms with van der Waals surface area (Å²) in [5, 5.41) is 3.77. The fourth-order valence-electron chi connectivity index (χ4n) is 2.73. The van der Waals surface area contributed by atoms with Crippen LogP contribution in [0.25, 0.3) is 0 Å². The molecule has 0 bridgehead atoms. The normalized spacial score (nSPS) is 17.8. The molecule has 3 N–H and O–H groups in total. The fourth-order valence-corrected chi connectivity index (χ4v) is 2.73. The maximum Gasteiger partial charge on any atom is 0.282 e. The molecule has 1 aromatic carbocycles. The molecule has 2 amide bonds. The summed E-state index contributed by atoms with van der Waals surface area (Å²) >= 11 is 0. The van der Waals surface area contributed by atoms with E-state index in [1.165, 1.54) is 31.2 Å². The molecule has 6 heteroatoms. The second-order valence-corrected chi connectivity index (χ2v) is 6.57. The molecule has 1 aliphatic heterocycles. The highest BCUT2D eigenvalue weighted by Gasteiger charge is 2.30. The minimum Gasteiger partial charge on any atom is -0.286 e. The first-order valence-corrected chi connectivity index (χ1v) is 9.05. The van der Waals surface area contributed by atoms with E-state index in [9.17, 15) is 9.59 Å². The Hall–Kier alpha value is -2.21. The van der Waals surface area contributed by atoms with Crippen molar-refractivity contribution in [3.8, 4) is 0 Å². The molecule has 25 heavy (non-hydrogen) atoms. The van der Waals surface area contributed by atoms with Crippen molar-refractivity contribution < 1.29 is 9.59 Å². The van der Waals surface area contributed by atoms with Gasteiger partial charge in [-0.25, -0.2) is 10.9 Å². The van der Waals surface area contributed by atoms with E-state index >= 15 is 0 Å². The topological polar surface area (TPSA) is 82.6 Å². The highest BCUT2D eigenvalue weighted by Crippen LogP contribution is 2.15. The summed E-state index contributed by atoms with van der Waals surface area (Å²) in [6.07, 6.45) is 6.16. The molecule has 0 unspecified atom stereocenters. The smallest absolute Gasteiger partial charge is 0.282 e. The molecule has 6 nitrogen and oxygen atoms in total. The predicted molar refractivity (Wildman–Crippen MR) is 98.7 cm³/mol. The van der Waals surface area contributed by atoms with E-state index in [0.717, 1.165) is 12.0 Å². The number of aryl methyl sites for hydroxylation is 1. The second-order valence-electron chi connectivity index (χ2n) is 6.57. The highest BCUT2D eigenvalue weighted by atomic mass is 16.2. The van der Waals surface area contributed by atoms with Gasteiger partial charge in [0.1, 0.15) is 5.71 Å². The number of carbonyl (C=O) groups is 2. The second kappa shape index (κ2) is 9.32. The Morgan fingerprint density at radius 2 is 1.96 bits per heavy atom. The number of hydrogen-bond donors (Lipinski definition) is 3. The Balaban J connectivity index is 1.79. The van der Waals surface area contributed by atoms with E-state index in [0.29, 0.717) is 0 Å². The zero-order chi connectivity index (χ0) is 18.2. The van der Waals surface area contributed by atoms with E-state index in [4.69, 9.17) is 0 Å². The van der Waals surface area contributed by atoms with Gasteiger partial charge in [-0.2, -0.15) is 5.10 Å². The third-order valence-electron chi connectivity index (χ3n) is 4.52. The first-order valence-electron chi connectivity index (χ1n) is 9.05. The lowest BCUT2D eigenvalue weighted by Gasteiger charge is -2.16. The Labute approximate surface area is 149 Å². The average Bonchev–Trinajstić information content (AvgIpc) is 2.96. The standard InChI is InChI=1S/C19H28N4O2/c1-4-5-6-7-8-15-9-11-16(12-10-15)14(3)20-23-19(25)17-13(2)18(24)22-21-17/h9-14,20H,4-8H2,1-3H3,(H,22,24)(H,23,25)/t13-,14+/m0/s1. The molecule has 1 aliphatic rings. The Morgan fingerprint density at radius 3 is 2.56 bits per heavy atom. The molecule has 0 aromatic heterocycles. The number of carbonyl (C=O) groups excluding carboxylic acids is 2. The van der Waals surface area contributed by atoms with Gasteiger partial charge in [0.25, 0.3) is 5.91 Å². The first kappa shape index (κ1) is 19.1. The lowest BCUT2D eigenvalue weighted by Crippen LogP contribution is -2.44. The highest BCUT2D eigenvalue weighted by molar-refractivity contribution is 6.44. The van der Waals surface area contributed by atoms with Crippen LogP contribution in [0.2, 0.25) is 0 Å². The number of unbranched alkanes of at least 4 members (excludes halogenated alkanes) is 3. The average molecular weight is 344 g/mol. The van der Waals surface area contributed by atoms with Crippen molar-refractivity contribution >= 4 is 17.5 Å². The molecule has 0 radical (unpaired) electrons. The molecule has 0 spiro atoms. The SMILES string of the molecule is CCCCCCc1ccc([C@@H](C)NNC(=O)C2=NNC(=O)[C@H]2C)cc1. The monoisotopic (exact) mass is 344 g/mol. The fraction of sp³-hybridized carbons (Fsp3) is 0.526. The van der Waals surface area contributed by atoms with Crippen LogP contribution in [0.1, 0.15) is 63.6 Å². The minimum atomic E-state index is -0.524. The maximum absolute atomic E-state index is 12.1. The van der Waals surface area contributed by atoms with Gasteiger partial charge in [-0.1, -0.05) is 50.5 Å². The zero-order valence-electron chi connectivity index (χ0n) is 15.3. The van der Waals surface area contributed by atoms with Crippen LogP contribution in [0.15, 0.2) is 29.4 Å². The molecule has 2 atom stereocenters. The summed E-state index contributed by atoms with van der Waals surface area (Å²) in [5.74, 6) is -1.16. The van der Waals surface area contributed by atoms with Gasteiger partial charge in [-0.15, -0.1) is 0 Å². The Kier molecular flexibility index (Phi) is 7.13. The third-order valence-corrected chi connectivity index (χ3v) is 4.52. The first-order chi connectivity index (χ1) is 12.0. The van der Waals surface area contributed by atoms with Crippen molar-refractivity contribution in [2.45, 2.75) is 58.9 Å². The summed E-state index contributed by atoms with van der Waals surface area (Å²) in [6.45, 7) is 5.85. The van der Waals surface area contributed by atoms with Crippen molar-refractivity contribution in [2.24, 2.45) is 11.0 Å². The van der Waals surface area contributed by atoms with Gasteiger partial charge in [0.15, 0.2) is 0 Å². The van der Waals surface area contributed by atoms with Crippen molar-refractivity contribution in [3.63, 3.8) is 0 Å². The van der Waals surface area contributed by atoms with Crippen LogP contribution in [0, 0.1) is 5.92 Å². The maximum atomic E-state index is 12.1. The summed E-state index contributed by atoms with van der Waals surface area (Å²) in [5.41, 5.74) is 10.5. The lowest BCUT2D eigenvalue weighted by molar-refractivity contribution is -0.122. The lowest BCUT2D eigenvalue weighted by atomic mass is 10.0. The van der Waals surface area contributed by atoms with E-state index in [1.807, 2.05) is 6.92 Å². The number of amides is 2. The number of nitrogens with zero attached hydrogens (tertiary/aromatic N) is 1. The van der Waals surface area contributed by atoms with Gasteiger partial charge in [-0.3, -0.25) is 15.0 Å². The van der Waals surface area contributed by atoms with Crippen LogP contribution < -0.4 is 16.3 Å². The molecular formula is C19H28N4O2. The summed E-state index contributed by atoms with van der Waals surface area (Å²) in [6, 6.07) is 8.42. The van der Waals surface area contributed by atoms with Gasteiger partial charge in [0, 0.05) is 6.04 Å². The number of hydrazone groups is 1. The van der Waals surface area contributed by atoms with Gasteiger partial charge in [-0.05, 0) is 37.8 Å². The largest absolute Gasteiger partial charge is 0.286 e. The molecular weight excluding hydrogens is 316 g/mol. The summed E-state index contributed by atoms with van der Waals surface area (Å²) in [4.78, 5) is 23.4. The third kappa shape index (κ3) is 5.39. The van der Waals surface area contributed by atoms with Crippen LogP contribution in [-0.2, 0) is 16.0 Å². The molecule has 1 aromatic rings. The van der Waals surface area contributed by atoms with Gasteiger partial charge >= 0.3 is 0 Å². The van der Waals surface area contributed by atoms with Gasteiger partial charge in [0.2, 0.25) is 5.91 Å². The molecule has 0 aliphatic carbocycles. The molecule has 0 fully saturated rings. The number of rotatable bonds is 9. The number of nitrogens with one attached hydrogen (secondary N) is 3. The van der Waals surface area contributed by atoms with E-state index in [2.05, 4.69) is 52.6 Å². The van der Waals surface area contributed by atoms with E-state index in [-0.39, 0.29) is 23.6 Å². The summed E-state index contributed by atoms with van der Waals surface area (Å²) < 4.78 is 0. The zero-order valence-corrected chi connectivity index (χ0v) is 15.3. The molecule has 1 heterocycles. The van der Waals surface area contributed by atoms with Crippen molar-refractivity contribution in [3.05, 3.63) is 35.4 Å². The molecule has 2 rings (SSSR count). The van der Waals surface area contributed by atoms with Gasteiger partial charge < -0.3 is 0 Å².